The van der Waals surface area contributed by atoms with E-state index in [0.29, 0.717) is 0 Å². The van der Waals surface area contributed by atoms with Crippen molar-refractivity contribution in [2.24, 2.45) is 0 Å². The average Bonchev–Trinajstić information content (AvgIpc) is 2.54. The van der Waals surface area contributed by atoms with Gasteiger partial charge in [0, 0.05) is 29.6 Å². The lowest BCUT2D eigenvalue weighted by Gasteiger charge is -2.27. The summed E-state index contributed by atoms with van der Waals surface area (Å²) in [5, 5.41) is 4.35. The monoisotopic (exact) mass is 303 g/mol. The second-order valence-electron chi connectivity index (χ2n) is 5.10. The van der Waals surface area contributed by atoms with Crippen LogP contribution in [0.1, 0.15) is 23.6 Å². The summed E-state index contributed by atoms with van der Waals surface area (Å²) in [6, 6.07) is 14.2. The van der Waals surface area contributed by atoms with E-state index in [1.165, 1.54) is 5.56 Å². The van der Waals surface area contributed by atoms with Crippen LogP contribution in [0.3, 0.4) is 0 Å². The molecular weight excluding hydrogens is 286 g/mol. The van der Waals surface area contributed by atoms with Crippen LogP contribution in [-0.2, 0) is 6.54 Å². The smallest absolute Gasteiger partial charge is 0.124 e. The average molecular weight is 304 g/mol. The first-order chi connectivity index (χ1) is 10.3. The molecule has 0 saturated heterocycles. The molecule has 1 aliphatic rings. The van der Waals surface area contributed by atoms with Gasteiger partial charge in [0.1, 0.15) is 11.5 Å². The van der Waals surface area contributed by atoms with Gasteiger partial charge in [0.25, 0.3) is 0 Å². The second kappa shape index (κ2) is 6.37. The summed E-state index contributed by atoms with van der Waals surface area (Å²) in [6.45, 7) is 1.54. The molecule has 0 fully saturated rings. The van der Waals surface area contributed by atoms with Gasteiger partial charge in [0.2, 0.25) is 0 Å². The van der Waals surface area contributed by atoms with E-state index in [4.69, 9.17) is 21.1 Å². The fourth-order valence-electron chi connectivity index (χ4n) is 2.55. The Kier molecular flexibility index (Phi) is 4.32. The molecule has 4 heteroatoms. The van der Waals surface area contributed by atoms with Gasteiger partial charge in [-0.25, -0.2) is 0 Å². The minimum atomic E-state index is 0.277. The molecule has 1 atom stereocenters. The first kappa shape index (κ1) is 14.2. The third-order valence-electron chi connectivity index (χ3n) is 3.72. The Balaban J connectivity index is 1.73. The standard InChI is InChI=1S/C17H18ClNO2/c1-20-14-6-7-17-15(10-14)16(8-9-21-17)19-11-12-2-4-13(18)5-3-12/h2-7,10,16,19H,8-9,11H2,1H3. The van der Waals surface area contributed by atoms with Crippen molar-refractivity contribution >= 4 is 11.6 Å². The fraction of sp³-hybridized carbons (Fsp3) is 0.294. The number of nitrogens with one attached hydrogen (secondary N) is 1. The Bertz CT molecular complexity index is 613. The molecule has 0 amide bonds. The van der Waals surface area contributed by atoms with Crippen LogP contribution in [0.5, 0.6) is 11.5 Å². The van der Waals surface area contributed by atoms with Gasteiger partial charge in [-0.2, -0.15) is 0 Å². The number of methoxy groups -OCH3 is 1. The summed E-state index contributed by atoms with van der Waals surface area (Å²) in [4.78, 5) is 0. The molecule has 3 nitrogen and oxygen atoms in total. The summed E-state index contributed by atoms with van der Waals surface area (Å²) in [6.07, 6.45) is 0.952. The van der Waals surface area contributed by atoms with E-state index >= 15 is 0 Å². The van der Waals surface area contributed by atoms with E-state index < -0.39 is 0 Å². The molecule has 1 unspecified atom stereocenters. The number of rotatable bonds is 4. The van der Waals surface area contributed by atoms with E-state index in [-0.39, 0.29) is 6.04 Å². The maximum Gasteiger partial charge on any atom is 0.124 e. The predicted octanol–water partition coefficient (Wildman–Crippen LogP) is 3.96. The molecule has 2 aromatic rings. The summed E-state index contributed by atoms with van der Waals surface area (Å²) in [5.41, 5.74) is 2.38. The highest BCUT2D eigenvalue weighted by Gasteiger charge is 2.21. The van der Waals surface area contributed by atoms with E-state index in [9.17, 15) is 0 Å². The molecule has 1 N–H and O–H groups in total. The highest BCUT2D eigenvalue weighted by molar-refractivity contribution is 6.30. The summed E-state index contributed by atoms with van der Waals surface area (Å²) in [7, 11) is 1.68. The highest BCUT2D eigenvalue weighted by atomic mass is 35.5. The van der Waals surface area contributed by atoms with Gasteiger partial charge in [0.05, 0.1) is 13.7 Å². The molecule has 1 aliphatic heterocycles. The van der Waals surface area contributed by atoms with Crippen LogP contribution in [0.2, 0.25) is 5.02 Å². The zero-order valence-corrected chi connectivity index (χ0v) is 12.7. The zero-order chi connectivity index (χ0) is 14.7. The zero-order valence-electron chi connectivity index (χ0n) is 11.9. The van der Waals surface area contributed by atoms with Crippen LogP contribution in [0.25, 0.3) is 0 Å². The Morgan fingerprint density at radius 2 is 2.05 bits per heavy atom. The number of hydrogen-bond acceptors (Lipinski definition) is 3. The minimum Gasteiger partial charge on any atom is -0.497 e. The second-order valence-corrected chi connectivity index (χ2v) is 5.54. The number of benzene rings is 2. The molecule has 21 heavy (non-hydrogen) atoms. The Morgan fingerprint density at radius 1 is 1.24 bits per heavy atom. The van der Waals surface area contributed by atoms with Crippen molar-refractivity contribution < 1.29 is 9.47 Å². The Morgan fingerprint density at radius 3 is 2.81 bits per heavy atom. The molecule has 0 spiro atoms. The third-order valence-corrected chi connectivity index (χ3v) is 3.97. The fourth-order valence-corrected chi connectivity index (χ4v) is 2.68. The molecule has 2 aromatic carbocycles. The van der Waals surface area contributed by atoms with Gasteiger partial charge in [0.15, 0.2) is 0 Å². The van der Waals surface area contributed by atoms with Crippen LogP contribution in [0.15, 0.2) is 42.5 Å². The lowest BCUT2D eigenvalue weighted by atomic mass is 10.00. The lowest BCUT2D eigenvalue weighted by molar-refractivity contribution is 0.251. The largest absolute Gasteiger partial charge is 0.497 e. The SMILES string of the molecule is COc1ccc2c(c1)C(NCc1ccc(Cl)cc1)CCO2. The molecule has 0 aliphatic carbocycles. The lowest BCUT2D eigenvalue weighted by Crippen LogP contribution is -2.26. The molecule has 0 radical (unpaired) electrons. The molecule has 3 rings (SSSR count). The van der Waals surface area contributed by atoms with E-state index in [2.05, 4.69) is 5.32 Å². The van der Waals surface area contributed by atoms with Gasteiger partial charge in [-0.05, 0) is 35.9 Å². The van der Waals surface area contributed by atoms with E-state index in [1.54, 1.807) is 7.11 Å². The highest BCUT2D eigenvalue weighted by Crippen LogP contribution is 2.34. The minimum absolute atomic E-state index is 0.277. The van der Waals surface area contributed by atoms with Gasteiger partial charge < -0.3 is 14.8 Å². The van der Waals surface area contributed by atoms with Crippen LogP contribution < -0.4 is 14.8 Å². The number of ether oxygens (including phenoxy) is 2. The van der Waals surface area contributed by atoms with Crippen molar-refractivity contribution in [3.8, 4) is 11.5 Å². The molecule has 0 bridgehead atoms. The molecule has 0 saturated carbocycles. The third kappa shape index (κ3) is 3.31. The summed E-state index contributed by atoms with van der Waals surface area (Å²) < 4.78 is 11.0. The van der Waals surface area contributed by atoms with Crippen LogP contribution in [0, 0.1) is 0 Å². The van der Waals surface area contributed by atoms with Gasteiger partial charge in [-0.15, -0.1) is 0 Å². The quantitative estimate of drug-likeness (QED) is 0.927. The van der Waals surface area contributed by atoms with Gasteiger partial charge >= 0.3 is 0 Å². The number of hydrogen-bond donors (Lipinski definition) is 1. The first-order valence-electron chi connectivity index (χ1n) is 7.05. The summed E-state index contributed by atoms with van der Waals surface area (Å²) >= 11 is 5.91. The maximum atomic E-state index is 5.91. The van der Waals surface area contributed by atoms with Crippen molar-refractivity contribution in [2.45, 2.75) is 19.0 Å². The summed E-state index contributed by atoms with van der Waals surface area (Å²) in [5.74, 6) is 1.80. The Labute approximate surface area is 129 Å². The maximum absolute atomic E-state index is 5.91. The normalized spacial score (nSPS) is 17.0. The number of halogens is 1. The predicted molar refractivity (Wildman–Crippen MR) is 84.1 cm³/mol. The Hall–Kier alpha value is -1.71. The van der Waals surface area contributed by atoms with Crippen LogP contribution >= 0.6 is 11.6 Å². The van der Waals surface area contributed by atoms with Crippen molar-refractivity contribution in [1.29, 1.82) is 0 Å². The van der Waals surface area contributed by atoms with Crippen molar-refractivity contribution in [2.75, 3.05) is 13.7 Å². The van der Waals surface area contributed by atoms with E-state index in [0.717, 1.165) is 41.7 Å². The first-order valence-corrected chi connectivity index (χ1v) is 7.42. The van der Waals surface area contributed by atoms with Crippen LogP contribution in [-0.4, -0.2) is 13.7 Å². The van der Waals surface area contributed by atoms with Crippen molar-refractivity contribution in [1.82, 2.24) is 5.32 Å². The van der Waals surface area contributed by atoms with Crippen molar-refractivity contribution in [3.63, 3.8) is 0 Å². The number of fused-ring (bicyclic) bond motifs is 1. The molecule has 1 heterocycles. The van der Waals surface area contributed by atoms with E-state index in [1.807, 2.05) is 42.5 Å². The topological polar surface area (TPSA) is 30.5 Å². The van der Waals surface area contributed by atoms with Crippen molar-refractivity contribution in [3.05, 3.63) is 58.6 Å². The van der Waals surface area contributed by atoms with Crippen LogP contribution in [0.4, 0.5) is 0 Å². The van der Waals surface area contributed by atoms with Gasteiger partial charge in [-0.1, -0.05) is 23.7 Å². The van der Waals surface area contributed by atoms with Gasteiger partial charge in [-0.3, -0.25) is 0 Å². The molecule has 110 valence electrons. The molecule has 0 aromatic heterocycles. The molecular formula is C17H18ClNO2.